The van der Waals surface area contributed by atoms with Crippen LogP contribution >= 0.6 is 12.6 Å². The van der Waals surface area contributed by atoms with Crippen molar-refractivity contribution < 1.29 is 4.79 Å². The van der Waals surface area contributed by atoms with Gasteiger partial charge in [0.2, 0.25) is 0 Å². The van der Waals surface area contributed by atoms with Crippen molar-refractivity contribution in [1.82, 2.24) is 0 Å². The zero-order chi connectivity index (χ0) is 7.65. The van der Waals surface area contributed by atoms with Gasteiger partial charge < -0.3 is 0 Å². The van der Waals surface area contributed by atoms with Crippen molar-refractivity contribution in [3.63, 3.8) is 0 Å². The van der Waals surface area contributed by atoms with E-state index >= 15 is 0 Å². The van der Waals surface area contributed by atoms with Crippen LogP contribution < -0.4 is 0 Å². The number of thiol groups is 1. The third-order valence-corrected chi connectivity index (χ3v) is 1.28. The van der Waals surface area contributed by atoms with Gasteiger partial charge in [0.05, 0.1) is 5.25 Å². The number of rotatable bonds is 1. The van der Waals surface area contributed by atoms with Gasteiger partial charge in [0, 0.05) is 5.41 Å². The maximum Gasteiger partial charge on any atom is 0.150 e. The maximum atomic E-state index is 11.0. The number of hydrogen-bond donors (Lipinski definition) is 1. The van der Waals surface area contributed by atoms with E-state index in [2.05, 4.69) is 19.6 Å². The molecule has 0 aromatic carbocycles. The molecule has 1 radical (unpaired) electrons. The first-order valence-corrected chi connectivity index (χ1v) is 3.43. The first-order chi connectivity index (χ1) is 3.85. The molecule has 53 valence electrons. The normalized spacial score (nSPS) is 15.2. The monoisotopic (exact) mass is 145 g/mol. The molecular weight excluding hydrogens is 132 g/mol. The van der Waals surface area contributed by atoms with E-state index in [1.807, 2.05) is 20.8 Å². The lowest BCUT2D eigenvalue weighted by atomic mass is 9.89. The third-order valence-electron chi connectivity index (χ3n) is 1.04. The van der Waals surface area contributed by atoms with Gasteiger partial charge in [-0.1, -0.05) is 20.8 Å². The van der Waals surface area contributed by atoms with Gasteiger partial charge in [-0.15, -0.1) is 0 Å². The molecule has 0 aliphatic heterocycles. The Hall–Kier alpha value is 0.0200. The molecular formula is C7H13OS. The van der Waals surface area contributed by atoms with Gasteiger partial charge in [0.1, 0.15) is 0 Å². The summed E-state index contributed by atoms with van der Waals surface area (Å²) in [5.41, 5.74) is -0.297. The molecule has 1 unspecified atom stereocenters. The highest BCUT2D eigenvalue weighted by Crippen LogP contribution is 2.18. The van der Waals surface area contributed by atoms with Gasteiger partial charge in [0.15, 0.2) is 5.78 Å². The fourth-order valence-electron chi connectivity index (χ4n) is 0.500. The first kappa shape index (κ1) is 9.02. The molecule has 1 atom stereocenters. The molecule has 9 heavy (non-hydrogen) atoms. The van der Waals surface area contributed by atoms with Crippen LogP contribution in [0.25, 0.3) is 0 Å². The molecule has 0 amide bonds. The fourth-order valence-corrected chi connectivity index (χ4v) is 0.887. The number of carbonyl (C=O) groups is 1. The average Bonchev–Trinajstić information content (AvgIpc) is 1.62. The number of Topliss-reactive ketones (excluding diaryl/α,β-unsaturated/α-hetero) is 1. The van der Waals surface area contributed by atoms with Crippen LogP contribution in [0.3, 0.4) is 0 Å². The van der Waals surface area contributed by atoms with Crippen molar-refractivity contribution in [2.75, 3.05) is 0 Å². The second-order valence-electron chi connectivity index (χ2n) is 3.13. The molecule has 0 bridgehead atoms. The van der Waals surface area contributed by atoms with E-state index in [9.17, 15) is 4.79 Å². The van der Waals surface area contributed by atoms with Gasteiger partial charge in [-0.05, 0) is 6.92 Å². The average molecular weight is 145 g/mol. The minimum Gasteiger partial charge on any atom is -0.298 e. The summed E-state index contributed by atoms with van der Waals surface area (Å²) >= 11 is 3.93. The predicted octanol–water partition coefficient (Wildman–Crippen LogP) is 1.73. The van der Waals surface area contributed by atoms with Crippen molar-refractivity contribution in [2.45, 2.75) is 26.0 Å². The van der Waals surface area contributed by atoms with Crippen LogP contribution in [0, 0.1) is 12.3 Å². The molecule has 0 heterocycles. The van der Waals surface area contributed by atoms with Crippen LogP contribution in [-0.2, 0) is 4.79 Å². The molecule has 1 nitrogen and oxygen atoms in total. The van der Waals surface area contributed by atoms with Crippen LogP contribution in [0.2, 0.25) is 0 Å². The van der Waals surface area contributed by atoms with E-state index in [0.717, 1.165) is 0 Å². The van der Waals surface area contributed by atoms with Crippen LogP contribution in [0.5, 0.6) is 0 Å². The zero-order valence-corrected chi connectivity index (χ0v) is 7.03. The minimum atomic E-state index is -0.384. The largest absolute Gasteiger partial charge is 0.298 e. The summed E-state index contributed by atoms with van der Waals surface area (Å²) in [6, 6.07) is 0. The van der Waals surface area contributed by atoms with Crippen LogP contribution in [-0.4, -0.2) is 11.0 Å². The number of ketones is 1. The molecule has 0 aliphatic carbocycles. The molecule has 0 N–H and O–H groups in total. The summed E-state index contributed by atoms with van der Waals surface area (Å²) in [6.07, 6.45) is 0. The van der Waals surface area contributed by atoms with E-state index in [0.29, 0.717) is 0 Å². The molecule has 0 saturated carbocycles. The molecule has 0 aliphatic rings. The van der Waals surface area contributed by atoms with E-state index < -0.39 is 0 Å². The van der Waals surface area contributed by atoms with Gasteiger partial charge >= 0.3 is 0 Å². The lowest BCUT2D eigenvalue weighted by Gasteiger charge is -2.17. The second-order valence-corrected chi connectivity index (χ2v) is 3.75. The summed E-state index contributed by atoms with van der Waals surface area (Å²) in [7, 11) is 0. The third kappa shape index (κ3) is 2.89. The van der Waals surface area contributed by atoms with Crippen molar-refractivity contribution >= 4 is 18.4 Å². The van der Waals surface area contributed by atoms with Crippen LogP contribution in [0.4, 0.5) is 0 Å². The summed E-state index contributed by atoms with van der Waals surface area (Å²) in [5.74, 6) is 0.0887. The SMILES string of the molecule is [CH2]C(S)C(=O)C(C)(C)C. The van der Waals surface area contributed by atoms with Crippen molar-refractivity contribution in [1.29, 1.82) is 0 Å². The minimum absolute atomic E-state index is 0.0887. The molecule has 0 spiro atoms. The van der Waals surface area contributed by atoms with Gasteiger partial charge in [-0.2, -0.15) is 12.6 Å². The van der Waals surface area contributed by atoms with Crippen molar-refractivity contribution in [3.05, 3.63) is 6.92 Å². The second kappa shape index (κ2) is 2.74. The Morgan fingerprint density at radius 1 is 1.56 bits per heavy atom. The molecule has 0 saturated heterocycles. The Kier molecular flexibility index (Phi) is 2.74. The highest BCUT2D eigenvalue weighted by Gasteiger charge is 2.23. The molecule has 2 heteroatoms. The molecule has 0 rings (SSSR count). The first-order valence-electron chi connectivity index (χ1n) is 2.91. The van der Waals surface area contributed by atoms with E-state index in [1.165, 1.54) is 0 Å². The molecule has 0 aromatic heterocycles. The van der Waals surface area contributed by atoms with E-state index in [-0.39, 0.29) is 16.4 Å². The molecule has 0 fully saturated rings. The Morgan fingerprint density at radius 2 is 1.89 bits per heavy atom. The van der Waals surface area contributed by atoms with Crippen LogP contribution in [0.1, 0.15) is 20.8 Å². The lowest BCUT2D eigenvalue weighted by Crippen LogP contribution is -2.27. The van der Waals surface area contributed by atoms with E-state index in [4.69, 9.17) is 0 Å². The fraction of sp³-hybridized carbons (Fsp3) is 0.714. The van der Waals surface area contributed by atoms with Crippen molar-refractivity contribution in [3.8, 4) is 0 Å². The molecule has 0 aromatic rings. The van der Waals surface area contributed by atoms with Crippen molar-refractivity contribution in [2.24, 2.45) is 5.41 Å². The highest BCUT2D eigenvalue weighted by atomic mass is 32.1. The lowest BCUT2D eigenvalue weighted by molar-refractivity contribution is -0.124. The summed E-state index contributed by atoms with van der Waals surface area (Å²) in [4.78, 5) is 11.0. The Balaban J connectivity index is 4.06. The summed E-state index contributed by atoms with van der Waals surface area (Å²) in [5, 5.41) is -0.384. The standard InChI is InChI=1S/C7H13OS/c1-5(9)6(8)7(2,3)4/h5,9H,1H2,2-4H3. The van der Waals surface area contributed by atoms with Gasteiger partial charge in [-0.25, -0.2) is 0 Å². The predicted molar refractivity (Wildman–Crippen MR) is 42.6 cm³/mol. The summed E-state index contributed by atoms with van der Waals surface area (Å²) in [6.45, 7) is 9.11. The Morgan fingerprint density at radius 3 is 1.89 bits per heavy atom. The zero-order valence-electron chi connectivity index (χ0n) is 6.14. The highest BCUT2D eigenvalue weighted by molar-refractivity contribution is 7.82. The van der Waals surface area contributed by atoms with Crippen LogP contribution in [0.15, 0.2) is 0 Å². The van der Waals surface area contributed by atoms with Gasteiger partial charge in [-0.3, -0.25) is 4.79 Å². The smallest absolute Gasteiger partial charge is 0.150 e. The number of carbonyl (C=O) groups excluding carboxylic acids is 1. The van der Waals surface area contributed by atoms with E-state index in [1.54, 1.807) is 0 Å². The number of hydrogen-bond acceptors (Lipinski definition) is 2. The Bertz CT molecular complexity index is 111. The van der Waals surface area contributed by atoms with Gasteiger partial charge in [0.25, 0.3) is 0 Å². The topological polar surface area (TPSA) is 17.1 Å². The summed E-state index contributed by atoms with van der Waals surface area (Å²) < 4.78 is 0. The maximum absolute atomic E-state index is 11.0. The quantitative estimate of drug-likeness (QED) is 0.556. The Labute approximate surface area is 62.2 Å².